The Labute approximate surface area is 103 Å². The molecule has 1 aromatic heterocycles. The van der Waals surface area contributed by atoms with E-state index in [0.717, 1.165) is 18.9 Å². The fourth-order valence-electron chi connectivity index (χ4n) is 2.11. The van der Waals surface area contributed by atoms with Gasteiger partial charge in [0.15, 0.2) is 0 Å². The van der Waals surface area contributed by atoms with E-state index in [2.05, 4.69) is 31.0 Å². The summed E-state index contributed by atoms with van der Waals surface area (Å²) in [6.07, 6.45) is 7.25. The molecule has 1 heterocycles. The predicted octanol–water partition coefficient (Wildman–Crippen LogP) is 3.89. The number of nitrogens with one attached hydrogen (secondary N) is 1. The van der Waals surface area contributed by atoms with Gasteiger partial charge in [-0.2, -0.15) is 0 Å². The molecule has 1 aliphatic rings. The molecule has 0 radical (unpaired) electrons. The first kappa shape index (κ1) is 11.9. The van der Waals surface area contributed by atoms with Gasteiger partial charge in [0.05, 0.1) is 0 Å². The minimum atomic E-state index is 0.709. The molecule has 2 heteroatoms. The Hall–Kier alpha value is -0.600. The number of thiophene rings is 1. The summed E-state index contributed by atoms with van der Waals surface area (Å²) in [5.41, 5.74) is 0. The van der Waals surface area contributed by atoms with Gasteiger partial charge >= 0.3 is 0 Å². The zero-order chi connectivity index (χ0) is 11.4. The average molecular weight is 235 g/mol. The van der Waals surface area contributed by atoms with Crippen LogP contribution in [0.5, 0.6) is 0 Å². The molecule has 0 saturated heterocycles. The highest BCUT2D eigenvalue weighted by molar-refractivity contribution is 7.11. The number of hydrogen-bond acceptors (Lipinski definition) is 2. The quantitative estimate of drug-likeness (QED) is 0.707. The van der Waals surface area contributed by atoms with E-state index >= 15 is 0 Å². The SMILES string of the molecule is C=CCCC(NCc1ccc(C)s1)C1CC1. The van der Waals surface area contributed by atoms with Crippen LogP contribution < -0.4 is 5.32 Å². The lowest BCUT2D eigenvalue weighted by molar-refractivity contribution is 0.438. The Bertz CT molecular complexity index is 338. The first-order chi connectivity index (χ1) is 7.79. The summed E-state index contributed by atoms with van der Waals surface area (Å²) in [5.74, 6) is 0.931. The lowest BCUT2D eigenvalue weighted by Gasteiger charge is -2.16. The Morgan fingerprint density at radius 1 is 1.56 bits per heavy atom. The first-order valence-electron chi connectivity index (χ1n) is 6.19. The van der Waals surface area contributed by atoms with Crippen molar-refractivity contribution < 1.29 is 0 Å². The topological polar surface area (TPSA) is 12.0 Å². The van der Waals surface area contributed by atoms with Crippen LogP contribution in [-0.4, -0.2) is 6.04 Å². The lowest BCUT2D eigenvalue weighted by Crippen LogP contribution is -2.30. The van der Waals surface area contributed by atoms with Gasteiger partial charge in [-0.3, -0.25) is 0 Å². The number of allylic oxidation sites excluding steroid dienone is 1. The second kappa shape index (κ2) is 5.65. The third-order valence-corrected chi connectivity index (χ3v) is 4.21. The van der Waals surface area contributed by atoms with E-state index in [4.69, 9.17) is 0 Å². The summed E-state index contributed by atoms with van der Waals surface area (Å²) in [7, 11) is 0. The average Bonchev–Trinajstić information content (AvgIpc) is 3.03. The second-order valence-corrected chi connectivity index (χ2v) is 6.08. The smallest absolute Gasteiger partial charge is 0.0302 e. The van der Waals surface area contributed by atoms with Crippen molar-refractivity contribution in [1.29, 1.82) is 0 Å². The van der Waals surface area contributed by atoms with Crippen LogP contribution in [0.15, 0.2) is 24.8 Å². The molecule has 0 bridgehead atoms. The molecular formula is C14H21NS. The van der Waals surface area contributed by atoms with Crippen LogP contribution in [-0.2, 0) is 6.54 Å². The Morgan fingerprint density at radius 3 is 2.94 bits per heavy atom. The number of rotatable bonds is 7. The highest BCUT2D eigenvalue weighted by atomic mass is 32.1. The Morgan fingerprint density at radius 2 is 2.38 bits per heavy atom. The molecule has 1 N–H and O–H groups in total. The van der Waals surface area contributed by atoms with Crippen molar-refractivity contribution in [3.8, 4) is 0 Å². The molecule has 1 aliphatic carbocycles. The van der Waals surface area contributed by atoms with Crippen molar-refractivity contribution in [3.05, 3.63) is 34.5 Å². The van der Waals surface area contributed by atoms with Gasteiger partial charge in [-0.05, 0) is 50.7 Å². The van der Waals surface area contributed by atoms with E-state index in [1.54, 1.807) is 0 Å². The van der Waals surface area contributed by atoms with Crippen molar-refractivity contribution in [2.75, 3.05) is 0 Å². The van der Waals surface area contributed by atoms with Gasteiger partial charge in [0.25, 0.3) is 0 Å². The molecule has 2 rings (SSSR count). The van der Waals surface area contributed by atoms with Gasteiger partial charge in [0.2, 0.25) is 0 Å². The van der Waals surface area contributed by atoms with E-state index in [1.807, 2.05) is 17.4 Å². The molecule has 1 atom stereocenters. The Balaban J connectivity index is 1.79. The van der Waals surface area contributed by atoms with Crippen molar-refractivity contribution in [1.82, 2.24) is 5.32 Å². The van der Waals surface area contributed by atoms with Gasteiger partial charge in [0, 0.05) is 22.3 Å². The molecule has 16 heavy (non-hydrogen) atoms. The van der Waals surface area contributed by atoms with E-state index in [1.165, 1.54) is 29.0 Å². The highest BCUT2D eigenvalue weighted by Crippen LogP contribution is 2.34. The molecule has 1 nitrogen and oxygen atoms in total. The zero-order valence-electron chi connectivity index (χ0n) is 10.0. The Kier molecular flexibility index (Phi) is 4.19. The zero-order valence-corrected chi connectivity index (χ0v) is 10.9. The maximum atomic E-state index is 3.81. The van der Waals surface area contributed by atoms with Crippen molar-refractivity contribution >= 4 is 11.3 Å². The van der Waals surface area contributed by atoms with Crippen LogP contribution in [0, 0.1) is 12.8 Å². The third kappa shape index (κ3) is 3.46. The summed E-state index contributed by atoms with van der Waals surface area (Å²) in [4.78, 5) is 2.87. The van der Waals surface area contributed by atoms with E-state index in [0.29, 0.717) is 6.04 Å². The van der Waals surface area contributed by atoms with Gasteiger partial charge in [-0.1, -0.05) is 6.08 Å². The minimum Gasteiger partial charge on any atom is -0.309 e. The van der Waals surface area contributed by atoms with Crippen LogP contribution in [0.3, 0.4) is 0 Å². The summed E-state index contributed by atoms with van der Waals surface area (Å²) in [6.45, 7) is 7.02. The molecule has 0 aromatic carbocycles. The predicted molar refractivity (Wildman–Crippen MR) is 71.8 cm³/mol. The van der Waals surface area contributed by atoms with E-state index in [-0.39, 0.29) is 0 Å². The van der Waals surface area contributed by atoms with Gasteiger partial charge in [-0.25, -0.2) is 0 Å². The van der Waals surface area contributed by atoms with Crippen molar-refractivity contribution in [2.24, 2.45) is 5.92 Å². The van der Waals surface area contributed by atoms with Crippen LogP contribution in [0.2, 0.25) is 0 Å². The first-order valence-corrected chi connectivity index (χ1v) is 7.01. The highest BCUT2D eigenvalue weighted by Gasteiger charge is 2.30. The van der Waals surface area contributed by atoms with Crippen LogP contribution in [0.25, 0.3) is 0 Å². The molecule has 0 spiro atoms. The van der Waals surface area contributed by atoms with Crippen molar-refractivity contribution in [2.45, 2.75) is 45.2 Å². The molecular weight excluding hydrogens is 214 g/mol. The second-order valence-electron chi connectivity index (χ2n) is 4.70. The number of aryl methyl sites for hydroxylation is 1. The van der Waals surface area contributed by atoms with Crippen LogP contribution >= 0.6 is 11.3 Å². The fraction of sp³-hybridized carbons (Fsp3) is 0.571. The molecule has 88 valence electrons. The van der Waals surface area contributed by atoms with Gasteiger partial charge < -0.3 is 5.32 Å². The summed E-state index contributed by atoms with van der Waals surface area (Å²) in [6, 6.07) is 5.16. The normalized spacial score (nSPS) is 17.3. The molecule has 1 fully saturated rings. The summed E-state index contributed by atoms with van der Waals surface area (Å²) >= 11 is 1.90. The number of hydrogen-bond donors (Lipinski definition) is 1. The lowest BCUT2D eigenvalue weighted by atomic mass is 10.1. The summed E-state index contributed by atoms with van der Waals surface area (Å²) in [5, 5.41) is 3.71. The molecule has 0 aliphatic heterocycles. The summed E-state index contributed by atoms with van der Waals surface area (Å²) < 4.78 is 0. The molecule has 1 aromatic rings. The van der Waals surface area contributed by atoms with Gasteiger partial charge in [-0.15, -0.1) is 17.9 Å². The van der Waals surface area contributed by atoms with Crippen molar-refractivity contribution in [3.63, 3.8) is 0 Å². The molecule has 1 saturated carbocycles. The maximum Gasteiger partial charge on any atom is 0.0302 e. The van der Waals surface area contributed by atoms with E-state index < -0.39 is 0 Å². The largest absolute Gasteiger partial charge is 0.309 e. The van der Waals surface area contributed by atoms with E-state index in [9.17, 15) is 0 Å². The monoisotopic (exact) mass is 235 g/mol. The maximum absolute atomic E-state index is 3.81. The van der Waals surface area contributed by atoms with Gasteiger partial charge in [0.1, 0.15) is 0 Å². The van der Waals surface area contributed by atoms with Crippen LogP contribution in [0.4, 0.5) is 0 Å². The molecule has 1 unspecified atom stereocenters. The standard InChI is InChI=1S/C14H21NS/c1-3-4-5-14(12-7-8-12)15-10-13-9-6-11(2)16-13/h3,6,9,12,14-15H,1,4-5,7-8,10H2,2H3. The minimum absolute atomic E-state index is 0.709. The van der Waals surface area contributed by atoms with Crippen LogP contribution in [0.1, 0.15) is 35.4 Å². The fourth-order valence-corrected chi connectivity index (χ4v) is 2.95. The molecule has 0 amide bonds. The third-order valence-electron chi connectivity index (χ3n) is 3.21.